The Morgan fingerprint density at radius 2 is 1.79 bits per heavy atom. The molecule has 106 valence electrons. The van der Waals surface area contributed by atoms with Gasteiger partial charge in [-0.05, 0) is 44.5 Å². The van der Waals surface area contributed by atoms with Crippen molar-refractivity contribution in [2.75, 3.05) is 19.8 Å². The summed E-state index contributed by atoms with van der Waals surface area (Å²) in [6.45, 7) is 6.79. The summed E-state index contributed by atoms with van der Waals surface area (Å²) in [6.07, 6.45) is 0.994. The van der Waals surface area contributed by atoms with Gasteiger partial charge in [0.1, 0.15) is 18.0 Å². The summed E-state index contributed by atoms with van der Waals surface area (Å²) in [7, 11) is 0. The van der Waals surface area contributed by atoms with Gasteiger partial charge >= 0.3 is 0 Å². The number of carbonyl (C=O) groups excluding carboxylic acids is 1. The Labute approximate surface area is 114 Å². The van der Waals surface area contributed by atoms with Crippen molar-refractivity contribution >= 4 is 5.78 Å². The molecular weight excluding hydrogens is 244 g/mol. The summed E-state index contributed by atoms with van der Waals surface area (Å²) in [5, 5.41) is 9.64. The average molecular weight is 266 g/mol. The number of rotatable bonds is 8. The molecule has 0 aliphatic carbocycles. The van der Waals surface area contributed by atoms with Crippen molar-refractivity contribution in [3.8, 4) is 5.75 Å². The van der Waals surface area contributed by atoms with Gasteiger partial charge in [-0.25, -0.2) is 0 Å². The fraction of sp³-hybridized carbons (Fsp3) is 0.533. The summed E-state index contributed by atoms with van der Waals surface area (Å²) in [6, 6.07) is 6.75. The molecule has 0 heterocycles. The van der Waals surface area contributed by atoms with Crippen molar-refractivity contribution in [3.63, 3.8) is 0 Å². The number of hydrogen-bond donors (Lipinski definition) is 1. The van der Waals surface area contributed by atoms with Crippen molar-refractivity contribution in [1.29, 1.82) is 0 Å². The minimum atomic E-state index is -1.35. The monoisotopic (exact) mass is 266 g/mol. The van der Waals surface area contributed by atoms with E-state index in [4.69, 9.17) is 9.47 Å². The molecule has 0 fully saturated rings. The Balaban J connectivity index is 2.46. The highest BCUT2D eigenvalue weighted by molar-refractivity contribution is 6.01. The maximum absolute atomic E-state index is 11.8. The normalized spacial score (nSPS) is 11.4. The zero-order valence-electron chi connectivity index (χ0n) is 11.8. The number of aliphatic hydroxyl groups is 1. The summed E-state index contributed by atoms with van der Waals surface area (Å²) in [4.78, 5) is 11.8. The van der Waals surface area contributed by atoms with Crippen LogP contribution in [-0.2, 0) is 4.74 Å². The molecule has 0 saturated carbocycles. The van der Waals surface area contributed by atoms with Crippen LogP contribution < -0.4 is 4.74 Å². The molecule has 0 radical (unpaired) electrons. The maximum atomic E-state index is 11.8. The lowest BCUT2D eigenvalue weighted by Gasteiger charge is -2.15. The van der Waals surface area contributed by atoms with Gasteiger partial charge in [0.05, 0.1) is 6.61 Å². The van der Waals surface area contributed by atoms with E-state index >= 15 is 0 Å². The van der Waals surface area contributed by atoms with Gasteiger partial charge in [0, 0.05) is 12.2 Å². The molecule has 0 unspecified atom stereocenters. The molecule has 4 heteroatoms. The molecule has 1 rings (SSSR count). The third kappa shape index (κ3) is 5.41. The molecule has 4 nitrogen and oxygen atoms in total. The Morgan fingerprint density at radius 3 is 2.32 bits per heavy atom. The molecule has 1 aromatic rings. The molecule has 0 atom stereocenters. The van der Waals surface area contributed by atoms with Crippen LogP contribution in [-0.4, -0.2) is 36.3 Å². The highest BCUT2D eigenvalue weighted by Crippen LogP contribution is 2.17. The highest BCUT2D eigenvalue weighted by Gasteiger charge is 2.24. The van der Waals surface area contributed by atoms with E-state index in [1.165, 1.54) is 13.8 Å². The van der Waals surface area contributed by atoms with E-state index in [1.807, 2.05) is 0 Å². The summed E-state index contributed by atoms with van der Waals surface area (Å²) < 4.78 is 10.8. The smallest absolute Gasteiger partial charge is 0.193 e. The highest BCUT2D eigenvalue weighted by atomic mass is 16.5. The number of Topliss-reactive ketones (excluding diaryl/α,β-unsaturated/α-hetero) is 1. The van der Waals surface area contributed by atoms with Gasteiger partial charge in [0.25, 0.3) is 0 Å². The lowest BCUT2D eigenvalue weighted by atomic mass is 9.97. The minimum absolute atomic E-state index is 0.301. The van der Waals surface area contributed by atoms with E-state index in [-0.39, 0.29) is 5.78 Å². The maximum Gasteiger partial charge on any atom is 0.193 e. The van der Waals surface area contributed by atoms with Crippen molar-refractivity contribution in [2.45, 2.75) is 32.8 Å². The van der Waals surface area contributed by atoms with Gasteiger partial charge in [0.2, 0.25) is 0 Å². The third-order valence-corrected chi connectivity index (χ3v) is 2.52. The first-order valence-corrected chi connectivity index (χ1v) is 6.53. The number of ether oxygens (including phenoxy) is 2. The van der Waals surface area contributed by atoms with Crippen LogP contribution in [0.1, 0.15) is 37.6 Å². The second-order valence-corrected chi connectivity index (χ2v) is 4.87. The molecule has 0 bridgehead atoms. The van der Waals surface area contributed by atoms with Crippen LogP contribution in [0.25, 0.3) is 0 Å². The zero-order chi connectivity index (χ0) is 14.3. The Kier molecular flexibility index (Phi) is 5.99. The molecule has 0 aromatic heterocycles. The standard InChI is InChI=1S/C15H22O4/c1-4-9-18-10-11-19-13-7-5-12(6-8-13)14(16)15(2,3)17/h5-8,17H,4,9-11H2,1-3H3. The van der Waals surface area contributed by atoms with Crippen molar-refractivity contribution < 1.29 is 19.4 Å². The van der Waals surface area contributed by atoms with Crippen LogP contribution in [0.2, 0.25) is 0 Å². The average Bonchev–Trinajstić information content (AvgIpc) is 2.37. The van der Waals surface area contributed by atoms with Gasteiger partial charge < -0.3 is 14.6 Å². The fourth-order valence-corrected chi connectivity index (χ4v) is 1.52. The SMILES string of the molecule is CCCOCCOc1ccc(C(=O)C(C)(C)O)cc1. The molecular formula is C15H22O4. The van der Waals surface area contributed by atoms with Crippen molar-refractivity contribution in [2.24, 2.45) is 0 Å². The van der Waals surface area contributed by atoms with Gasteiger partial charge in [-0.2, -0.15) is 0 Å². The van der Waals surface area contributed by atoms with Gasteiger partial charge in [0.15, 0.2) is 5.78 Å². The summed E-state index contributed by atoms with van der Waals surface area (Å²) >= 11 is 0. The van der Waals surface area contributed by atoms with Crippen molar-refractivity contribution in [3.05, 3.63) is 29.8 Å². The lowest BCUT2D eigenvalue weighted by Crippen LogP contribution is -2.30. The first-order chi connectivity index (χ1) is 8.95. The van der Waals surface area contributed by atoms with Crippen LogP contribution in [0.5, 0.6) is 5.75 Å². The third-order valence-electron chi connectivity index (χ3n) is 2.52. The van der Waals surface area contributed by atoms with E-state index in [1.54, 1.807) is 24.3 Å². The van der Waals surface area contributed by atoms with Crippen LogP contribution in [0.3, 0.4) is 0 Å². The second-order valence-electron chi connectivity index (χ2n) is 4.87. The fourth-order valence-electron chi connectivity index (χ4n) is 1.52. The number of carbonyl (C=O) groups is 1. The van der Waals surface area contributed by atoms with E-state index in [0.717, 1.165) is 13.0 Å². The number of ketones is 1. The largest absolute Gasteiger partial charge is 0.491 e. The Bertz CT molecular complexity index is 390. The Hall–Kier alpha value is -1.39. The van der Waals surface area contributed by atoms with Crippen LogP contribution in [0.15, 0.2) is 24.3 Å². The molecule has 1 N–H and O–H groups in total. The molecule has 0 saturated heterocycles. The molecule has 19 heavy (non-hydrogen) atoms. The Morgan fingerprint density at radius 1 is 1.16 bits per heavy atom. The predicted octanol–water partition coefficient (Wildman–Crippen LogP) is 2.45. The minimum Gasteiger partial charge on any atom is -0.491 e. The first kappa shape index (κ1) is 15.7. The van der Waals surface area contributed by atoms with Gasteiger partial charge in [-0.15, -0.1) is 0 Å². The molecule has 1 aromatic carbocycles. The topological polar surface area (TPSA) is 55.8 Å². The number of hydrogen-bond acceptors (Lipinski definition) is 4. The zero-order valence-corrected chi connectivity index (χ0v) is 11.8. The van der Waals surface area contributed by atoms with Gasteiger partial charge in [-0.3, -0.25) is 4.79 Å². The molecule has 0 aliphatic heterocycles. The van der Waals surface area contributed by atoms with E-state index in [2.05, 4.69) is 6.92 Å². The summed E-state index contributed by atoms with van der Waals surface area (Å²) in [5.41, 5.74) is -0.877. The van der Waals surface area contributed by atoms with Crippen LogP contribution in [0, 0.1) is 0 Å². The molecule has 0 spiro atoms. The first-order valence-electron chi connectivity index (χ1n) is 6.53. The quantitative estimate of drug-likeness (QED) is 0.580. The van der Waals surface area contributed by atoms with Crippen molar-refractivity contribution in [1.82, 2.24) is 0 Å². The van der Waals surface area contributed by atoms with Crippen LogP contribution >= 0.6 is 0 Å². The van der Waals surface area contributed by atoms with E-state index in [9.17, 15) is 9.90 Å². The summed E-state index contributed by atoms with van der Waals surface area (Å²) in [5.74, 6) is 0.387. The number of benzene rings is 1. The lowest BCUT2D eigenvalue weighted by molar-refractivity contribution is 0.0488. The predicted molar refractivity (Wildman–Crippen MR) is 73.7 cm³/mol. The second kappa shape index (κ2) is 7.26. The van der Waals surface area contributed by atoms with E-state index < -0.39 is 5.60 Å². The molecule has 0 aliphatic rings. The molecule has 0 amide bonds. The van der Waals surface area contributed by atoms with Gasteiger partial charge in [-0.1, -0.05) is 6.92 Å². The van der Waals surface area contributed by atoms with E-state index in [0.29, 0.717) is 24.5 Å². The van der Waals surface area contributed by atoms with Crippen LogP contribution in [0.4, 0.5) is 0 Å².